The Balaban J connectivity index is 1.62. The molecule has 0 unspecified atom stereocenters. The van der Waals surface area contributed by atoms with Crippen LogP contribution in [0.4, 0.5) is 5.82 Å². The van der Waals surface area contributed by atoms with E-state index in [9.17, 15) is 9.59 Å². The lowest BCUT2D eigenvalue weighted by molar-refractivity contribution is -0.111. The van der Waals surface area contributed by atoms with Gasteiger partial charge in [0.25, 0.3) is 0 Å². The summed E-state index contributed by atoms with van der Waals surface area (Å²) in [5.74, 6) is 0.491. The molecule has 0 aliphatic rings. The summed E-state index contributed by atoms with van der Waals surface area (Å²) >= 11 is 5.90. The van der Waals surface area contributed by atoms with E-state index in [4.69, 9.17) is 25.8 Å². The van der Waals surface area contributed by atoms with Crippen molar-refractivity contribution in [3.05, 3.63) is 88.6 Å². The summed E-state index contributed by atoms with van der Waals surface area (Å²) < 4.78 is 16.2. The van der Waals surface area contributed by atoms with Crippen LogP contribution in [0.25, 0.3) is 6.08 Å². The molecule has 1 aromatic heterocycles. The molecule has 1 N–H and O–H groups in total. The van der Waals surface area contributed by atoms with Crippen molar-refractivity contribution in [3.63, 3.8) is 0 Å². The van der Waals surface area contributed by atoms with Gasteiger partial charge in [0.1, 0.15) is 12.4 Å². The molecular formula is C25H23ClN2O5. The van der Waals surface area contributed by atoms with E-state index in [-0.39, 0.29) is 12.4 Å². The average molecular weight is 467 g/mol. The number of halogens is 1. The third-order valence-electron chi connectivity index (χ3n) is 4.44. The van der Waals surface area contributed by atoms with E-state index in [0.717, 1.165) is 11.1 Å². The lowest BCUT2D eigenvalue weighted by Gasteiger charge is -2.11. The molecule has 0 fully saturated rings. The lowest BCUT2D eigenvalue weighted by atomic mass is 10.2. The second-order valence-electron chi connectivity index (χ2n) is 6.80. The van der Waals surface area contributed by atoms with Gasteiger partial charge >= 0.3 is 5.97 Å². The third kappa shape index (κ3) is 7.08. The number of aromatic nitrogens is 1. The molecule has 0 atom stereocenters. The molecular weight excluding hydrogens is 444 g/mol. The Morgan fingerprint density at radius 1 is 1.06 bits per heavy atom. The molecule has 0 bridgehead atoms. The lowest BCUT2D eigenvalue weighted by Crippen LogP contribution is -2.11. The minimum absolute atomic E-state index is 0.249. The monoisotopic (exact) mass is 466 g/mol. The fourth-order valence-electron chi connectivity index (χ4n) is 2.83. The fraction of sp³-hybridized carbons (Fsp3) is 0.160. The second-order valence-corrected chi connectivity index (χ2v) is 7.23. The van der Waals surface area contributed by atoms with Crippen LogP contribution in [0, 0.1) is 0 Å². The summed E-state index contributed by atoms with van der Waals surface area (Å²) in [6, 6.07) is 15.7. The Morgan fingerprint density at radius 2 is 1.85 bits per heavy atom. The summed E-state index contributed by atoms with van der Waals surface area (Å²) in [6.45, 7) is 2.35. The van der Waals surface area contributed by atoms with Gasteiger partial charge in [-0.3, -0.25) is 4.79 Å². The molecule has 3 aromatic rings. The highest BCUT2D eigenvalue weighted by Gasteiger charge is 2.09. The van der Waals surface area contributed by atoms with Crippen molar-refractivity contribution in [2.24, 2.45) is 0 Å². The number of nitrogens with zero attached hydrogens (tertiary/aromatic N) is 1. The SMILES string of the molecule is CCOC(=O)c1ccnc(NC(=O)/C=C/c2ccc(OCc3ccc(Cl)cc3)c(OC)c2)c1. The van der Waals surface area contributed by atoms with Crippen molar-refractivity contribution in [2.75, 3.05) is 19.0 Å². The minimum Gasteiger partial charge on any atom is -0.493 e. The van der Waals surface area contributed by atoms with Crippen LogP contribution in [-0.2, 0) is 16.1 Å². The quantitative estimate of drug-likeness (QED) is 0.346. The number of nitrogens with one attached hydrogen (secondary N) is 1. The van der Waals surface area contributed by atoms with Gasteiger partial charge in [-0.1, -0.05) is 29.8 Å². The Bertz CT molecular complexity index is 1150. The van der Waals surface area contributed by atoms with E-state index in [1.807, 2.05) is 18.2 Å². The Kier molecular flexibility index (Phi) is 8.43. The van der Waals surface area contributed by atoms with Crippen LogP contribution in [-0.4, -0.2) is 30.6 Å². The van der Waals surface area contributed by atoms with Crippen LogP contribution in [0.2, 0.25) is 5.02 Å². The molecule has 1 amide bonds. The maximum absolute atomic E-state index is 12.3. The maximum atomic E-state index is 12.3. The summed E-state index contributed by atoms with van der Waals surface area (Å²) in [7, 11) is 1.55. The molecule has 1 heterocycles. The molecule has 8 heteroatoms. The number of anilines is 1. The Labute approximate surface area is 197 Å². The number of carbonyl (C=O) groups is 2. The fourth-order valence-corrected chi connectivity index (χ4v) is 2.95. The summed E-state index contributed by atoms with van der Waals surface area (Å²) in [4.78, 5) is 28.1. The highest BCUT2D eigenvalue weighted by atomic mass is 35.5. The van der Waals surface area contributed by atoms with Gasteiger partial charge in [0.05, 0.1) is 19.3 Å². The van der Waals surface area contributed by atoms with Crippen LogP contribution in [0.1, 0.15) is 28.4 Å². The topological polar surface area (TPSA) is 86.8 Å². The van der Waals surface area contributed by atoms with Gasteiger partial charge in [-0.25, -0.2) is 9.78 Å². The predicted molar refractivity (Wildman–Crippen MR) is 127 cm³/mol. The summed E-state index contributed by atoms with van der Waals surface area (Å²) in [5.41, 5.74) is 2.03. The molecule has 33 heavy (non-hydrogen) atoms. The summed E-state index contributed by atoms with van der Waals surface area (Å²) in [6.07, 6.45) is 4.43. The Hall–Kier alpha value is -3.84. The number of amides is 1. The smallest absolute Gasteiger partial charge is 0.338 e. The molecule has 7 nitrogen and oxygen atoms in total. The van der Waals surface area contributed by atoms with Gasteiger partial charge < -0.3 is 19.5 Å². The van der Waals surface area contributed by atoms with Crippen molar-refractivity contribution in [1.29, 1.82) is 0 Å². The first-order valence-electron chi connectivity index (χ1n) is 10.2. The van der Waals surface area contributed by atoms with Gasteiger partial charge in [0.15, 0.2) is 11.5 Å². The number of carbonyl (C=O) groups excluding carboxylic acids is 2. The zero-order valence-electron chi connectivity index (χ0n) is 18.2. The van der Waals surface area contributed by atoms with Crippen molar-refractivity contribution < 1.29 is 23.8 Å². The highest BCUT2D eigenvalue weighted by molar-refractivity contribution is 6.30. The molecule has 170 valence electrons. The first kappa shape index (κ1) is 23.8. The largest absolute Gasteiger partial charge is 0.493 e. The zero-order chi connectivity index (χ0) is 23.6. The van der Waals surface area contributed by atoms with Crippen LogP contribution in [0.5, 0.6) is 11.5 Å². The van der Waals surface area contributed by atoms with E-state index in [0.29, 0.717) is 28.7 Å². The van der Waals surface area contributed by atoms with Gasteiger partial charge in [0.2, 0.25) is 5.91 Å². The van der Waals surface area contributed by atoms with E-state index in [1.165, 1.54) is 24.4 Å². The molecule has 0 radical (unpaired) electrons. The van der Waals surface area contributed by atoms with Crippen molar-refractivity contribution in [1.82, 2.24) is 4.98 Å². The van der Waals surface area contributed by atoms with E-state index >= 15 is 0 Å². The molecule has 0 spiro atoms. The van der Waals surface area contributed by atoms with E-state index in [1.54, 1.807) is 44.4 Å². The van der Waals surface area contributed by atoms with Crippen molar-refractivity contribution in [2.45, 2.75) is 13.5 Å². The number of benzene rings is 2. The minimum atomic E-state index is -0.476. The molecule has 3 rings (SSSR count). The standard InChI is InChI=1S/C25H23ClN2O5/c1-3-32-25(30)19-12-13-27-23(15-19)28-24(29)11-7-17-6-10-21(22(14-17)31-2)33-16-18-4-8-20(26)9-5-18/h4-15H,3,16H2,1-2H3,(H,27,28,29)/b11-7+. The number of ether oxygens (including phenoxy) is 3. The van der Waals surface area contributed by atoms with Crippen LogP contribution >= 0.6 is 11.6 Å². The van der Waals surface area contributed by atoms with Gasteiger partial charge in [0, 0.05) is 17.3 Å². The van der Waals surface area contributed by atoms with Crippen LogP contribution in [0.15, 0.2) is 66.9 Å². The van der Waals surface area contributed by atoms with Crippen molar-refractivity contribution >= 4 is 35.4 Å². The zero-order valence-corrected chi connectivity index (χ0v) is 19.0. The molecule has 0 aliphatic heterocycles. The number of esters is 1. The number of hydrogen-bond acceptors (Lipinski definition) is 6. The maximum Gasteiger partial charge on any atom is 0.338 e. The highest BCUT2D eigenvalue weighted by Crippen LogP contribution is 2.29. The van der Waals surface area contributed by atoms with Gasteiger partial charge in [-0.2, -0.15) is 0 Å². The van der Waals surface area contributed by atoms with Crippen molar-refractivity contribution in [3.8, 4) is 11.5 Å². The number of pyridine rings is 1. The number of methoxy groups -OCH3 is 1. The molecule has 0 saturated carbocycles. The van der Waals surface area contributed by atoms with Crippen LogP contribution < -0.4 is 14.8 Å². The summed E-state index contributed by atoms with van der Waals surface area (Å²) in [5, 5.41) is 3.29. The van der Waals surface area contributed by atoms with Gasteiger partial charge in [-0.15, -0.1) is 0 Å². The molecule has 0 saturated heterocycles. The first-order chi connectivity index (χ1) is 16.0. The van der Waals surface area contributed by atoms with E-state index in [2.05, 4.69) is 10.3 Å². The normalized spacial score (nSPS) is 10.6. The second kappa shape index (κ2) is 11.7. The molecule has 0 aliphatic carbocycles. The van der Waals surface area contributed by atoms with Crippen LogP contribution in [0.3, 0.4) is 0 Å². The van der Waals surface area contributed by atoms with E-state index < -0.39 is 11.9 Å². The predicted octanol–water partition coefficient (Wildman–Crippen LogP) is 5.15. The first-order valence-corrected chi connectivity index (χ1v) is 10.5. The number of hydrogen-bond donors (Lipinski definition) is 1. The average Bonchev–Trinajstić information content (AvgIpc) is 2.83. The van der Waals surface area contributed by atoms with Gasteiger partial charge in [-0.05, 0) is 60.5 Å². The molecule has 2 aromatic carbocycles. The Morgan fingerprint density at radius 3 is 2.58 bits per heavy atom. The third-order valence-corrected chi connectivity index (χ3v) is 4.70. The number of rotatable bonds is 9.